The number of nitrogens with one attached hydrogen (secondary N) is 1. The first-order valence-electron chi connectivity index (χ1n) is 10.7. The van der Waals surface area contributed by atoms with Gasteiger partial charge in [0, 0.05) is 11.9 Å². The molecule has 1 aromatic heterocycles. The number of hydrogen-bond donors (Lipinski definition) is 1. The lowest BCUT2D eigenvalue weighted by atomic mass is 9.90. The number of piperidine rings is 1. The number of para-hydroxylation sites is 1. The average Bonchev–Trinajstić information content (AvgIpc) is 2.78. The molecular formula is C25H29N3O. The fourth-order valence-electron chi connectivity index (χ4n) is 4.15. The van der Waals surface area contributed by atoms with E-state index in [1.807, 2.05) is 30.3 Å². The number of hydrogen-bond acceptors (Lipinski definition) is 3. The summed E-state index contributed by atoms with van der Waals surface area (Å²) in [7, 11) is 0. The molecule has 1 aliphatic rings. The van der Waals surface area contributed by atoms with E-state index in [0.717, 1.165) is 42.9 Å². The third kappa shape index (κ3) is 5.42. The van der Waals surface area contributed by atoms with Crippen molar-refractivity contribution in [1.29, 1.82) is 0 Å². The molecule has 0 spiro atoms. The summed E-state index contributed by atoms with van der Waals surface area (Å²) >= 11 is 0. The van der Waals surface area contributed by atoms with Gasteiger partial charge in [0.25, 0.3) is 5.91 Å². The van der Waals surface area contributed by atoms with Crippen molar-refractivity contribution in [3.05, 3.63) is 78.0 Å². The first-order valence-corrected chi connectivity index (χ1v) is 10.7. The Bertz CT molecular complexity index is 933. The maximum absolute atomic E-state index is 12.4. The summed E-state index contributed by atoms with van der Waals surface area (Å²) < 4.78 is 0. The van der Waals surface area contributed by atoms with E-state index in [-0.39, 0.29) is 5.91 Å². The number of carbonyl (C=O) groups excluding carboxylic acids is 1. The topological polar surface area (TPSA) is 45.2 Å². The van der Waals surface area contributed by atoms with Gasteiger partial charge in [0.05, 0.1) is 5.52 Å². The number of carbonyl (C=O) groups is 1. The summed E-state index contributed by atoms with van der Waals surface area (Å²) in [4.78, 5) is 19.4. The number of benzene rings is 2. The smallest absolute Gasteiger partial charge is 0.269 e. The number of rotatable bonds is 7. The number of amides is 1. The van der Waals surface area contributed by atoms with Gasteiger partial charge in [-0.3, -0.25) is 4.79 Å². The molecule has 0 bridgehead atoms. The highest BCUT2D eigenvalue weighted by Crippen LogP contribution is 2.21. The van der Waals surface area contributed by atoms with Crippen molar-refractivity contribution in [3.8, 4) is 0 Å². The van der Waals surface area contributed by atoms with Gasteiger partial charge < -0.3 is 10.2 Å². The van der Waals surface area contributed by atoms with Gasteiger partial charge >= 0.3 is 0 Å². The Morgan fingerprint density at radius 1 is 0.966 bits per heavy atom. The number of aromatic nitrogens is 1. The van der Waals surface area contributed by atoms with Crippen LogP contribution in [-0.2, 0) is 6.42 Å². The van der Waals surface area contributed by atoms with Crippen LogP contribution >= 0.6 is 0 Å². The lowest BCUT2D eigenvalue weighted by Crippen LogP contribution is -2.36. The largest absolute Gasteiger partial charge is 0.351 e. The zero-order valence-corrected chi connectivity index (χ0v) is 16.9. The van der Waals surface area contributed by atoms with Crippen LogP contribution in [0.4, 0.5) is 0 Å². The molecule has 2 aromatic carbocycles. The molecule has 1 saturated heterocycles. The normalized spacial score (nSPS) is 15.4. The predicted octanol–water partition coefficient (Wildman–Crippen LogP) is 4.31. The fourth-order valence-corrected chi connectivity index (χ4v) is 4.15. The Morgan fingerprint density at radius 3 is 2.55 bits per heavy atom. The van der Waals surface area contributed by atoms with E-state index in [9.17, 15) is 4.79 Å². The Balaban J connectivity index is 1.16. The minimum absolute atomic E-state index is 0.0858. The zero-order valence-electron chi connectivity index (χ0n) is 16.9. The molecule has 1 N–H and O–H groups in total. The highest BCUT2D eigenvalue weighted by atomic mass is 16.1. The maximum Gasteiger partial charge on any atom is 0.269 e. The van der Waals surface area contributed by atoms with Crippen LogP contribution in [-0.4, -0.2) is 42.0 Å². The Hall–Kier alpha value is -2.72. The molecule has 2 heterocycles. The van der Waals surface area contributed by atoms with Gasteiger partial charge in [-0.1, -0.05) is 54.6 Å². The summed E-state index contributed by atoms with van der Waals surface area (Å²) in [5, 5.41) is 4.07. The Morgan fingerprint density at radius 2 is 1.72 bits per heavy atom. The minimum atomic E-state index is -0.0858. The van der Waals surface area contributed by atoms with Crippen LogP contribution in [0, 0.1) is 5.92 Å². The van der Waals surface area contributed by atoms with Gasteiger partial charge in [-0.15, -0.1) is 0 Å². The van der Waals surface area contributed by atoms with Crippen molar-refractivity contribution in [3.63, 3.8) is 0 Å². The van der Waals surface area contributed by atoms with Gasteiger partial charge in [-0.25, -0.2) is 4.98 Å². The molecule has 0 unspecified atom stereocenters. The van der Waals surface area contributed by atoms with Gasteiger partial charge in [0.15, 0.2) is 0 Å². The fraction of sp³-hybridized carbons (Fsp3) is 0.360. The summed E-state index contributed by atoms with van der Waals surface area (Å²) in [6.45, 7) is 4.07. The van der Waals surface area contributed by atoms with Crippen LogP contribution in [0.5, 0.6) is 0 Å². The molecule has 0 aliphatic carbocycles. The van der Waals surface area contributed by atoms with E-state index in [0.29, 0.717) is 12.2 Å². The number of likely N-dealkylation sites (tertiary alicyclic amines) is 1. The van der Waals surface area contributed by atoms with Gasteiger partial charge in [0.2, 0.25) is 0 Å². The molecule has 4 heteroatoms. The van der Waals surface area contributed by atoms with Crippen LogP contribution in [0.1, 0.15) is 35.3 Å². The van der Waals surface area contributed by atoms with E-state index in [4.69, 9.17) is 0 Å². The zero-order chi connectivity index (χ0) is 19.9. The van der Waals surface area contributed by atoms with E-state index in [2.05, 4.69) is 45.5 Å². The quantitative estimate of drug-likeness (QED) is 0.615. The monoisotopic (exact) mass is 387 g/mol. The van der Waals surface area contributed by atoms with E-state index >= 15 is 0 Å². The number of nitrogens with zero attached hydrogens (tertiary/aromatic N) is 2. The van der Waals surface area contributed by atoms with Crippen molar-refractivity contribution >= 4 is 16.8 Å². The summed E-state index contributed by atoms with van der Waals surface area (Å²) in [5.41, 5.74) is 2.81. The molecule has 0 atom stereocenters. The second-order valence-corrected chi connectivity index (χ2v) is 7.97. The highest BCUT2D eigenvalue weighted by molar-refractivity contribution is 5.94. The molecule has 0 saturated carbocycles. The molecule has 1 aliphatic heterocycles. The van der Waals surface area contributed by atoms with Crippen LogP contribution in [0.15, 0.2) is 66.7 Å². The average molecular weight is 388 g/mol. The summed E-state index contributed by atoms with van der Waals surface area (Å²) in [6.07, 6.45) is 4.71. The van der Waals surface area contributed by atoms with E-state index in [1.54, 1.807) is 6.07 Å². The van der Waals surface area contributed by atoms with Crippen molar-refractivity contribution in [2.24, 2.45) is 5.92 Å². The molecule has 29 heavy (non-hydrogen) atoms. The second-order valence-electron chi connectivity index (χ2n) is 7.97. The highest BCUT2D eigenvalue weighted by Gasteiger charge is 2.19. The van der Waals surface area contributed by atoms with E-state index < -0.39 is 0 Å². The Kier molecular flexibility index (Phi) is 6.52. The molecule has 3 aromatic rings. The van der Waals surface area contributed by atoms with Crippen LogP contribution < -0.4 is 5.32 Å². The van der Waals surface area contributed by atoms with Crippen molar-refractivity contribution in [1.82, 2.24) is 15.2 Å². The molecule has 0 radical (unpaired) electrons. The summed E-state index contributed by atoms with van der Waals surface area (Å²) in [5.74, 6) is 0.713. The second kappa shape index (κ2) is 9.66. The standard InChI is InChI=1S/C25H29N3O/c29-25(24-12-11-22-9-4-5-10-23(22)27-24)26-15-6-16-28-17-13-21(14-18-28)19-20-7-2-1-3-8-20/h1-5,7-12,21H,6,13-19H2,(H,26,29). The number of fused-ring (bicyclic) bond motifs is 1. The third-order valence-electron chi connectivity index (χ3n) is 5.84. The predicted molar refractivity (Wildman–Crippen MR) is 118 cm³/mol. The lowest BCUT2D eigenvalue weighted by molar-refractivity contribution is 0.0946. The van der Waals surface area contributed by atoms with Gasteiger partial charge in [0.1, 0.15) is 5.69 Å². The third-order valence-corrected chi connectivity index (χ3v) is 5.84. The van der Waals surface area contributed by atoms with Crippen molar-refractivity contribution in [2.45, 2.75) is 25.7 Å². The molecule has 4 rings (SSSR count). The van der Waals surface area contributed by atoms with Crippen LogP contribution in [0.2, 0.25) is 0 Å². The SMILES string of the molecule is O=C(NCCCN1CCC(Cc2ccccc2)CC1)c1ccc2ccccc2n1. The molecular weight excluding hydrogens is 358 g/mol. The molecule has 1 amide bonds. The van der Waals surface area contributed by atoms with Crippen LogP contribution in [0.25, 0.3) is 10.9 Å². The Labute approximate surface area is 173 Å². The van der Waals surface area contributed by atoms with Crippen molar-refractivity contribution < 1.29 is 4.79 Å². The van der Waals surface area contributed by atoms with Crippen LogP contribution in [0.3, 0.4) is 0 Å². The molecule has 1 fully saturated rings. The van der Waals surface area contributed by atoms with Gasteiger partial charge in [-0.05, 0) is 68.9 Å². The van der Waals surface area contributed by atoms with Crippen molar-refractivity contribution in [2.75, 3.05) is 26.2 Å². The first-order chi connectivity index (χ1) is 14.3. The van der Waals surface area contributed by atoms with Gasteiger partial charge in [-0.2, -0.15) is 0 Å². The minimum Gasteiger partial charge on any atom is -0.351 e. The first kappa shape index (κ1) is 19.6. The molecule has 150 valence electrons. The summed E-state index contributed by atoms with van der Waals surface area (Å²) in [6, 6.07) is 22.4. The molecule has 4 nitrogen and oxygen atoms in total. The number of pyridine rings is 1. The van der Waals surface area contributed by atoms with E-state index in [1.165, 1.54) is 24.8 Å². The maximum atomic E-state index is 12.4. The lowest BCUT2D eigenvalue weighted by Gasteiger charge is -2.32.